The highest BCUT2D eigenvalue weighted by atomic mass is 19.4. The Labute approximate surface area is 110 Å². The second-order valence-corrected chi connectivity index (χ2v) is 4.47. The smallest absolute Gasteiger partial charge is 0.389 e. The lowest BCUT2D eigenvalue weighted by atomic mass is 9.99. The van der Waals surface area contributed by atoms with Crippen molar-refractivity contribution in [1.82, 2.24) is 5.43 Å². The quantitative estimate of drug-likeness (QED) is 0.619. The molecule has 3 nitrogen and oxygen atoms in total. The standard InChI is InChI=1S/C13H19F3N2O/c1-9-5-6-10(12(8-9)19-2)11(18-17)4-3-7-13(14,15)16/h5-6,8,11,18H,3-4,7,17H2,1-2H3. The van der Waals surface area contributed by atoms with E-state index in [0.717, 1.165) is 11.1 Å². The fourth-order valence-corrected chi connectivity index (χ4v) is 1.94. The zero-order chi connectivity index (χ0) is 14.5. The Morgan fingerprint density at radius 3 is 2.58 bits per heavy atom. The summed E-state index contributed by atoms with van der Waals surface area (Å²) in [5.74, 6) is 6.06. The van der Waals surface area contributed by atoms with E-state index in [9.17, 15) is 13.2 Å². The van der Waals surface area contributed by atoms with Crippen LogP contribution < -0.4 is 16.0 Å². The molecule has 1 atom stereocenters. The van der Waals surface area contributed by atoms with Crippen molar-refractivity contribution < 1.29 is 17.9 Å². The Morgan fingerprint density at radius 2 is 2.05 bits per heavy atom. The number of alkyl halides is 3. The van der Waals surface area contributed by atoms with Crippen molar-refractivity contribution in [2.45, 2.75) is 38.4 Å². The minimum atomic E-state index is -4.13. The largest absolute Gasteiger partial charge is 0.496 e. The van der Waals surface area contributed by atoms with Gasteiger partial charge in [-0.2, -0.15) is 13.2 Å². The van der Waals surface area contributed by atoms with Crippen molar-refractivity contribution >= 4 is 0 Å². The van der Waals surface area contributed by atoms with Crippen molar-refractivity contribution in [3.8, 4) is 5.75 Å². The minimum absolute atomic E-state index is 0.0232. The van der Waals surface area contributed by atoms with E-state index in [1.807, 2.05) is 25.1 Å². The first-order chi connectivity index (χ1) is 8.87. The van der Waals surface area contributed by atoms with Crippen molar-refractivity contribution in [2.24, 2.45) is 5.84 Å². The molecular formula is C13H19F3N2O. The molecule has 0 aliphatic heterocycles. The van der Waals surface area contributed by atoms with Crippen LogP contribution in [0.5, 0.6) is 5.75 Å². The van der Waals surface area contributed by atoms with Gasteiger partial charge in [-0.25, -0.2) is 0 Å². The summed E-state index contributed by atoms with van der Waals surface area (Å²) in [4.78, 5) is 0. The third kappa shape index (κ3) is 5.08. The Bertz CT molecular complexity index is 407. The lowest BCUT2D eigenvalue weighted by Gasteiger charge is -2.19. The third-order valence-corrected chi connectivity index (χ3v) is 2.92. The van der Waals surface area contributed by atoms with E-state index >= 15 is 0 Å². The fraction of sp³-hybridized carbons (Fsp3) is 0.538. The summed E-state index contributed by atoms with van der Waals surface area (Å²) < 4.78 is 41.6. The predicted octanol–water partition coefficient (Wildman–Crippen LogP) is 3.24. The van der Waals surface area contributed by atoms with Crippen LogP contribution in [0, 0.1) is 6.92 Å². The van der Waals surface area contributed by atoms with Gasteiger partial charge in [0.05, 0.1) is 7.11 Å². The molecule has 0 bridgehead atoms. The molecule has 3 N–H and O–H groups in total. The molecule has 108 valence electrons. The molecule has 1 aromatic rings. The van der Waals surface area contributed by atoms with Gasteiger partial charge in [-0.1, -0.05) is 12.1 Å². The van der Waals surface area contributed by atoms with E-state index in [1.54, 1.807) is 0 Å². The first-order valence-corrected chi connectivity index (χ1v) is 6.05. The second-order valence-electron chi connectivity index (χ2n) is 4.47. The SMILES string of the molecule is COc1cc(C)ccc1C(CCCC(F)(F)F)NN. The van der Waals surface area contributed by atoms with Crippen LogP contribution in [0.25, 0.3) is 0 Å². The van der Waals surface area contributed by atoms with Crippen LogP contribution in [-0.4, -0.2) is 13.3 Å². The zero-order valence-electron chi connectivity index (χ0n) is 11.1. The molecule has 1 rings (SSSR count). The molecule has 0 fully saturated rings. The van der Waals surface area contributed by atoms with Gasteiger partial charge in [0.2, 0.25) is 0 Å². The minimum Gasteiger partial charge on any atom is -0.496 e. The molecule has 1 aromatic carbocycles. The number of aryl methyl sites for hydroxylation is 1. The molecule has 0 spiro atoms. The molecule has 0 radical (unpaired) electrons. The average molecular weight is 276 g/mol. The number of halogens is 3. The lowest BCUT2D eigenvalue weighted by molar-refractivity contribution is -0.135. The molecule has 19 heavy (non-hydrogen) atoms. The van der Waals surface area contributed by atoms with E-state index < -0.39 is 12.6 Å². The Balaban J connectivity index is 2.74. The van der Waals surface area contributed by atoms with Crippen molar-refractivity contribution in [1.29, 1.82) is 0 Å². The summed E-state index contributed by atoms with van der Waals surface area (Å²) >= 11 is 0. The molecule has 0 amide bonds. The summed E-state index contributed by atoms with van der Waals surface area (Å²) in [6.07, 6.45) is -4.61. The number of benzene rings is 1. The lowest BCUT2D eigenvalue weighted by Crippen LogP contribution is -2.28. The van der Waals surface area contributed by atoms with Gasteiger partial charge in [0.25, 0.3) is 0 Å². The number of nitrogens with one attached hydrogen (secondary N) is 1. The first kappa shape index (κ1) is 15.8. The molecule has 0 saturated carbocycles. The maximum atomic E-state index is 12.1. The summed E-state index contributed by atoms with van der Waals surface area (Å²) in [5.41, 5.74) is 4.35. The third-order valence-electron chi connectivity index (χ3n) is 2.92. The van der Waals surface area contributed by atoms with Crippen molar-refractivity contribution in [2.75, 3.05) is 7.11 Å². The number of methoxy groups -OCH3 is 1. The van der Waals surface area contributed by atoms with Gasteiger partial charge >= 0.3 is 6.18 Å². The summed E-state index contributed by atoms with van der Waals surface area (Å²) in [6.45, 7) is 1.92. The van der Waals surface area contributed by atoms with Crippen LogP contribution in [0.1, 0.15) is 36.4 Å². The van der Waals surface area contributed by atoms with Crippen LogP contribution >= 0.6 is 0 Å². The molecule has 0 aromatic heterocycles. The van der Waals surface area contributed by atoms with Crippen LogP contribution in [0.2, 0.25) is 0 Å². The molecule has 0 aliphatic carbocycles. The molecule has 0 aliphatic rings. The van der Waals surface area contributed by atoms with Gasteiger partial charge in [0.1, 0.15) is 5.75 Å². The van der Waals surface area contributed by atoms with Gasteiger partial charge in [-0.05, 0) is 31.4 Å². The number of ether oxygens (including phenoxy) is 1. The fourth-order valence-electron chi connectivity index (χ4n) is 1.94. The van der Waals surface area contributed by atoms with E-state index in [2.05, 4.69) is 5.43 Å². The summed E-state index contributed by atoms with van der Waals surface area (Å²) in [6, 6.07) is 5.19. The van der Waals surface area contributed by atoms with Crippen LogP contribution in [0.3, 0.4) is 0 Å². The van der Waals surface area contributed by atoms with Gasteiger partial charge < -0.3 is 4.74 Å². The maximum absolute atomic E-state index is 12.1. The van der Waals surface area contributed by atoms with Crippen LogP contribution in [-0.2, 0) is 0 Å². The van der Waals surface area contributed by atoms with Gasteiger partial charge in [0.15, 0.2) is 0 Å². The van der Waals surface area contributed by atoms with Gasteiger partial charge in [0, 0.05) is 18.0 Å². The van der Waals surface area contributed by atoms with Crippen LogP contribution in [0.15, 0.2) is 18.2 Å². The topological polar surface area (TPSA) is 47.3 Å². The van der Waals surface area contributed by atoms with Gasteiger partial charge in [-0.15, -0.1) is 0 Å². The summed E-state index contributed by atoms with van der Waals surface area (Å²) in [5, 5.41) is 0. The average Bonchev–Trinajstić information content (AvgIpc) is 2.34. The molecule has 0 heterocycles. The normalized spacial score (nSPS) is 13.4. The first-order valence-electron chi connectivity index (χ1n) is 6.05. The molecule has 0 saturated heterocycles. The predicted molar refractivity (Wildman–Crippen MR) is 67.7 cm³/mol. The Morgan fingerprint density at radius 1 is 1.37 bits per heavy atom. The number of hydrazine groups is 1. The van der Waals surface area contributed by atoms with Gasteiger partial charge in [-0.3, -0.25) is 11.3 Å². The number of nitrogens with two attached hydrogens (primary N) is 1. The van der Waals surface area contributed by atoms with E-state index in [1.165, 1.54) is 7.11 Å². The van der Waals surface area contributed by atoms with E-state index in [4.69, 9.17) is 10.6 Å². The Hall–Kier alpha value is -1.27. The molecule has 1 unspecified atom stereocenters. The van der Waals surface area contributed by atoms with Crippen LogP contribution in [0.4, 0.5) is 13.2 Å². The van der Waals surface area contributed by atoms with E-state index in [-0.39, 0.29) is 12.5 Å². The zero-order valence-corrected chi connectivity index (χ0v) is 11.1. The Kier molecular flexibility index (Phi) is 5.62. The molecular weight excluding hydrogens is 257 g/mol. The maximum Gasteiger partial charge on any atom is 0.389 e. The number of hydrogen-bond acceptors (Lipinski definition) is 3. The summed E-state index contributed by atoms with van der Waals surface area (Å²) in [7, 11) is 1.53. The van der Waals surface area contributed by atoms with Crippen molar-refractivity contribution in [3.63, 3.8) is 0 Å². The molecule has 6 heteroatoms. The van der Waals surface area contributed by atoms with E-state index in [0.29, 0.717) is 12.2 Å². The second kappa shape index (κ2) is 6.77. The highest BCUT2D eigenvalue weighted by molar-refractivity contribution is 5.39. The highest BCUT2D eigenvalue weighted by Gasteiger charge is 2.27. The van der Waals surface area contributed by atoms with Crippen molar-refractivity contribution in [3.05, 3.63) is 29.3 Å². The number of hydrogen-bond donors (Lipinski definition) is 2. The monoisotopic (exact) mass is 276 g/mol. The number of rotatable bonds is 6. The highest BCUT2D eigenvalue weighted by Crippen LogP contribution is 2.31.